The number of aromatic nitrogens is 3. The Morgan fingerprint density at radius 2 is 1.93 bits per heavy atom. The minimum atomic E-state index is -0.372. The van der Waals surface area contributed by atoms with Gasteiger partial charge < -0.3 is 0 Å². The highest BCUT2D eigenvalue weighted by Gasteiger charge is 2.09. The fourth-order valence-electron chi connectivity index (χ4n) is 3.14. The summed E-state index contributed by atoms with van der Waals surface area (Å²) in [5.41, 5.74) is 7.39. The van der Waals surface area contributed by atoms with Gasteiger partial charge in [0.2, 0.25) is 5.95 Å². The molecule has 0 unspecified atom stereocenters. The molecule has 0 atom stereocenters. The second-order valence-electron chi connectivity index (χ2n) is 6.37. The van der Waals surface area contributed by atoms with Crippen LogP contribution in [0.4, 0.5) is 5.95 Å². The van der Waals surface area contributed by atoms with E-state index >= 15 is 0 Å². The van der Waals surface area contributed by atoms with E-state index in [9.17, 15) is 9.59 Å². The predicted molar refractivity (Wildman–Crippen MR) is 114 cm³/mol. The van der Waals surface area contributed by atoms with E-state index < -0.39 is 0 Å². The number of nitrogens with one attached hydrogen (secondary N) is 2. The summed E-state index contributed by atoms with van der Waals surface area (Å²) < 4.78 is 1.47. The Hall–Kier alpha value is -4.00. The Morgan fingerprint density at radius 3 is 2.79 bits per heavy atom. The van der Waals surface area contributed by atoms with Gasteiger partial charge in [0.15, 0.2) is 0 Å². The summed E-state index contributed by atoms with van der Waals surface area (Å²) in [5.74, 6) is -0.0900. The lowest BCUT2D eigenvalue weighted by Gasteiger charge is -2.13. The van der Waals surface area contributed by atoms with Crippen molar-refractivity contribution in [3.05, 3.63) is 82.8 Å². The molecule has 0 aliphatic rings. The van der Waals surface area contributed by atoms with Gasteiger partial charge in [-0.1, -0.05) is 36.4 Å². The van der Waals surface area contributed by atoms with E-state index in [1.807, 2.05) is 43.3 Å². The van der Waals surface area contributed by atoms with Gasteiger partial charge in [-0.25, -0.2) is 4.98 Å². The van der Waals surface area contributed by atoms with Gasteiger partial charge in [-0.3, -0.25) is 30.0 Å². The number of carbonyl (C=O) groups is 1. The number of benzene rings is 2. The SMILES string of the molecule is CCn1c(NNC(=O)/C=C/c2cccc3cccnc23)nc2ccccc2c1=O. The van der Waals surface area contributed by atoms with Crippen molar-refractivity contribution in [2.24, 2.45) is 0 Å². The molecule has 4 aromatic rings. The fraction of sp³-hybridized carbons (Fsp3) is 0.0909. The fourth-order valence-corrected chi connectivity index (χ4v) is 3.14. The maximum absolute atomic E-state index is 12.6. The van der Waals surface area contributed by atoms with Crippen molar-refractivity contribution in [1.82, 2.24) is 20.0 Å². The number of rotatable bonds is 5. The molecule has 7 heteroatoms. The molecular formula is C22H19N5O2. The van der Waals surface area contributed by atoms with Crippen LogP contribution >= 0.6 is 0 Å². The lowest BCUT2D eigenvalue weighted by Crippen LogP contribution is -2.33. The number of fused-ring (bicyclic) bond motifs is 2. The van der Waals surface area contributed by atoms with Gasteiger partial charge in [-0.15, -0.1) is 0 Å². The van der Waals surface area contributed by atoms with Crippen molar-refractivity contribution >= 4 is 39.7 Å². The molecule has 0 radical (unpaired) electrons. The number of hydrazine groups is 1. The van der Waals surface area contributed by atoms with Gasteiger partial charge in [0.25, 0.3) is 11.5 Å². The van der Waals surface area contributed by atoms with Crippen molar-refractivity contribution in [2.75, 3.05) is 5.43 Å². The number of para-hydroxylation sites is 2. The highest BCUT2D eigenvalue weighted by molar-refractivity contribution is 5.95. The van der Waals surface area contributed by atoms with Crippen LogP contribution in [0.15, 0.2) is 71.7 Å². The maximum atomic E-state index is 12.6. The number of amides is 1. The van der Waals surface area contributed by atoms with E-state index in [2.05, 4.69) is 20.8 Å². The maximum Gasteiger partial charge on any atom is 0.262 e. The van der Waals surface area contributed by atoms with Crippen LogP contribution in [0.5, 0.6) is 0 Å². The summed E-state index contributed by atoms with van der Waals surface area (Å²) in [5, 5.41) is 1.54. The quantitative estimate of drug-likeness (QED) is 0.407. The zero-order valence-electron chi connectivity index (χ0n) is 15.8. The first-order valence-electron chi connectivity index (χ1n) is 9.25. The van der Waals surface area contributed by atoms with Gasteiger partial charge in [-0.2, -0.15) is 0 Å². The second kappa shape index (κ2) is 7.93. The van der Waals surface area contributed by atoms with Crippen LogP contribution in [0, 0.1) is 0 Å². The molecule has 2 heterocycles. The van der Waals surface area contributed by atoms with Crippen LogP contribution < -0.4 is 16.4 Å². The summed E-state index contributed by atoms with van der Waals surface area (Å²) in [4.78, 5) is 33.7. The van der Waals surface area contributed by atoms with E-state index in [0.717, 1.165) is 16.5 Å². The third-order valence-corrected chi connectivity index (χ3v) is 4.55. The number of hydrogen-bond donors (Lipinski definition) is 2. The second-order valence-corrected chi connectivity index (χ2v) is 6.37. The van der Waals surface area contributed by atoms with Crippen LogP contribution in [0.2, 0.25) is 0 Å². The molecule has 4 rings (SSSR count). The number of nitrogens with zero attached hydrogens (tertiary/aromatic N) is 3. The molecule has 144 valence electrons. The van der Waals surface area contributed by atoms with E-state index in [4.69, 9.17) is 0 Å². The molecule has 0 fully saturated rings. The third kappa shape index (κ3) is 3.70. The Kier molecular flexibility index (Phi) is 5.03. The van der Waals surface area contributed by atoms with Gasteiger partial charge in [0.1, 0.15) is 0 Å². The van der Waals surface area contributed by atoms with Crippen molar-refractivity contribution < 1.29 is 4.79 Å². The molecule has 2 aromatic heterocycles. The normalized spacial score (nSPS) is 11.2. The monoisotopic (exact) mass is 385 g/mol. The molecule has 2 N–H and O–H groups in total. The highest BCUT2D eigenvalue weighted by Crippen LogP contribution is 2.17. The molecule has 0 bridgehead atoms. The molecule has 0 aliphatic carbocycles. The largest absolute Gasteiger partial charge is 0.277 e. The van der Waals surface area contributed by atoms with E-state index in [0.29, 0.717) is 17.4 Å². The summed E-state index contributed by atoms with van der Waals surface area (Å²) in [7, 11) is 0. The first-order valence-corrected chi connectivity index (χ1v) is 9.25. The Morgan fingerprint density at radius 1 is 1.10 bits per heavy atom. The minimum Gasteiger partial charge on any atom is -0.277 e. The standard InChI is InChI=1S/C22H19N5O2/c1-2-27-21(29)17-10-3-4-11-18(17)24-22(27)26-25-19(28)13-12-16-8-5-7-15-9-6-14-23-20(15)16/h3-14H,2H2,1H3,(H,24,26)(H,25,28)/b13-12+. The zero-order valence-corrected chi connectivity index (χ0v) is 15.8. The summed E-state index contributed by atoms with van der Waals surface area (Å²) in [6.45, 7) is 2.27. The van der Waals surface area contributed by atoms with E-state index in [-0.39, 0.29) is 17.4 Å². The number of anilines is 1. The zero-order chi connectivity index (χ0) is 20.2. The third-order valence-electron chi connectivity index (χ3n) is 4.55. The van der Waals surface area contributed by atoms with Gasteiger partial charge in [0.05, 0.1) is 16.4 Å². The van der Waals surface area contributed by atoms with Gasteiger partial charge in [-0.05, 0) is 31.2 Å². The minimum absolute atomic E-state index is 0.160. The van der Waals surface area contributed by atoms with Gasteiger partial charge >= 0.3 is 0 Å². The molecule has 0 saturated carbocycles. The van der Waals surface area contributed by atoms with Crippen molar-refractivity contribution in [2.45, 2.75) is 13.5 Å². The number of hydrogen-bond acceptors (Lipinski definition) is 5. The van der Waals surface area contributed by atoms with Crippen LogP contribution in [0.3, 0.4) is 0 Å². The lowest BCUT2D eigenvalue weighted by molar-refractivity contribution is -0.116. The molecule has 29 heavy (non-hydrogen) atoms. The molecule has 0 spiro atoms. The van der Waals surface area contributed by atoms with Gasteiger partial charge in [0, 0.05) is 29.8 Å². The topological polar surface area (TPSA) is 88.9 Å². The number of carbonyl (C=O) groups excluding carboxylic acids is 1. The average molecular weight is 385 g/mol. The number of pyridine rings is 1. The van der Waals surface area contributed by atoms with Crippen molar-refractivity contribution in [3.8, 4) is 0 Å². The van der Waals surface area contributed by atoms with Crippen molar-refractivity contribution in [1.29, 1.82) is 0 Å². The summed E-state index contributed by atoms with van der Waals surface area (Å²) in [6, 6.07) is 16.7. The highest BCUT2D eigenvalue weighted by atomic mass is 16.2. The van der Waals surface area contributed by atoms with Crippen LogP contribution in [-0.4, -0.2) is 20.4 Å². The summed E-state index contributed by atoms with van der Waals surface area (Å²) in [6.07, 6.45) is 4.83. The smallest absolute Gasteiger partial charge is 0.262 e. The predicted octanol–water partition coefficient (Wildman–Crippen LogP) is 3.12. The Labute approximate surface area is 166 Å². The van der Waals surface area contributed by atoms with Crippen LogP contribution in [0.1, 0.15) is 12.5 Å². The average Bonchev–Trinajstić information content (AvgIpc) is 2.76. The molecule has 2 aromatic carbocycles. The molecule has 7 nitrogen and oxygen atoms in total. The molecule has 0 aliphatic heterocycles. The molecule has 0 saturated heterocycles. The van der Waals surface area contributed by atoms with E-state index in [1.54, 1.807) is 30.5 Å². The molecular weight excluding hydrogens is 366 g/mol. The first-order chi connectivity index (χ1) is 14.2. The van der Waals surface area contributed by atoms with Crippen LogP contribution in [-0.2, 0) is 11.3 Å². The molecule has 1 amide bonds. The Balaban J connectivity index is 1.54. The van der Waals surface area contributed by atoms with Crippen LogP contribution in [0.25, 0.3) is 27.9 Å². The Bertz CT molecular complexity index is 1290. The summed E-state index contributed by atoms with van der Waals surface area (Å²) >= 11 is 0. The van der Waals surface area contributed by atoms with E-state index in [1.165, 1.54) is 10.6 Å². The first kappa shape index (κ1) is 18.4. The lowest BCUT2D eigenvalue weighted by atomic mass is 10.1. The van der Waals surface area contributed by atoms with Crippen molar-refractivity contribution in [3.63, 3.8) is 0 Å².